The Hall–Kier alpha value is -0.140. The molecule has 7 heteroatoms. The molecule has 4 atom stereocenters. The minimum atomic E-state index is -3.07. The summed E-state index contributed by atoms with van der Waals surface area (Å²) in [5, 5.41) is 9.95. The third kappa shape index (κ3) is 3.70. The average molecular weight is 310 g/mol. The lowest BCUT2D eigenvalue weighted by atomic mass is 9.80. The summed E-state index contributed by atoms with van der Waals surface area (Å²) in [7, 11) is -6.07. The topological polar surface area (TPSA) is 88.5 Å². The molecule has 0 spiro atoms. The van der Waals surface area contributed by atoms with E-state index in [9.17, 15) is 21.9 Å². The van der Waals surface area contributed by atoms with Crippen molar-refractivity contribution in [2.24, 2.45) is 11.8 Å². The Kier molecular flexibility index (Phi) is 4.28. The highest BCUT2D eigenvalue weighted by molar-refractivity contribution is 7.91. The highest BCUT2D eigenvalue weighted by Gasteiger charge is 2.39. The predicted molar refractivity (Wildman–Crippen MR) is 73.4 cm³/mol. The molecule has 1 aliphatic heterocycles. The van der Waals surface area contributed by atoms with Gasteiger partial charge in [-0.3, -0.25) is 0 Å². The first-order valence-corrected chi connectivity index (χ1v) is 10.5. The Morgan fingerprint density at radius 1 is 1.16 bits per heavy atom. The van der Waals surface area contributed by atoms with E-state index in [4.69, 9.17) is 0 Å². The minimum absolute atomic E-state index is 0.0498. The predicted octanol–water partition coefficient (Wildman–Crippen LogP) is 0.385. The van der Waals surface area contributed by atoms with Gasteiger partial charge in [-0.2, -0.15) is 0 Å². The van der Waals surface area contributed by atoms with Gasteiger partial charge in [-0.05, 0) is 37.5 Å². The Labute approximate surface area is 115 Å². The Bertz CT molecular complexity index is 522. The molecule has 0 amide bonds. The summed E-state index contributed by atoms with van der Waals surface area (Å²) in [6.07, 6.45) is 3.78. The van der Waals surface area contributed by atoms with Crippen LogP contribution in [-0.2, 0) is 19.7 Å². The van der Waals surface area contributed by atoms with Crippen LogP contribution in [0.15, 0.2) is 0 Å². The van der Waals surface area contributed by atoms with E-state index in [1.54, 1.807) is 0 Å². The van der Waals surface area contributed by atoms with Gasteiger partial charge < -0.3 is 5.11 Å². The minimum Gasteiger partial charge on any atom is -0.393 e. The first-order chi connectivity index (χ1) is 8.69. The second kappa shape index (κ2) is 5.33. The fourth-order valence-corrected chi connectivity index (χ4v) is 6.39. The molecule has 1 N–H and O–H groups in total. The molecule has 4 unspecified atom stereocenters. The SMILES string of the molecule is CS(=O)(=O)C1CCCC(C(O)C2CCS(=O)(=O)C2)C1. The van der Waals surface area contributed by atoms with Gasteiger partial charge in [0, 0.05) is 6.26 Å². The normalized spacial score (nSPS) is 37.1. The van der Waals surface area contributed by atoms with Crippen LogP contribution in [0.4, 0.5) is 0 Å². The number of aliphatic hydroxyl groups excluding tert-OH is 1. The van der Waals surface area contributed by atoms with Crippen LogP contribution in [0, 0.1) is 11.8 Å². The van der Waals surface area contributed by atoms with Crippen LogP contribution < -0.4 is 0 Å². The van der Waals surface area contributed by atoms with Gasteiger partial charge >= 0.3 is 0 Å². The number of aliphatic hydroxyl groups is 1. The summed E-state index contributed by atoms with van der Waals surface area (Å²) < 4.78 is 46.1. The van der Waals surface area contributed by atoms with Gasteiger partial charge in [0.1, 0.15) is 9.84 Å². The third-order valence-electron chi connectivity index (χ3n) is 4.51. The van der Waals surface area contributed by atoms with Crippen LogP contribution in [0.5, 0.6) is 0 Å². The molecule has 1 heterocycles. The monoisotopic (exact) mass is 310 g/mol. The van der Waals surface area contributed by atoms with Gasteiger partial charge in [0.05, 0.1) is 22.9 Å². The van der Waals surface area contributed by atoms with Gasteiger partial charge in [0.15, 0.2) is 9.84 Å². The molecule has 1 saturated carbocycles. The number of hydrogen-bond donors (Lipinski definition) is 1. The number of sulfone groups is 2. The Morgan fingerprint density at radius 2 is 1.84 bits per heavy atom. The molecule has 0 bridgehead atoms. The maximum absolute atomic E-state index is 11.6. The van der Waals surface area contributed by atoms with Crippen LogP contribution >= 0.6 is 0 Å². The lowest BCUT2D eigenvalue weighted by Crippen LogP contribution is -2.37. The fourth-order valence-electron chi connectivity index (χ4n) is 3.36. The van der Waals surface area contributed by atoms with E-state index in [0.29, 0.717) is 19.3 Å². The summed E-state index contributed by atoms with van der Waals surface area (Å²) in [6.45, 7) is 0. The van der Waals surface area contributed by atoms with E-state index in [1.807, 2.05) is 0 Å². The van der Waals surface area contributed by atoms with Crippen molar-refractivity contribution in [3.05, 3.63) is 0 Å². The summed E-state index contributed by atoms with van der Waals surface area (Å²) in [5.74, 6) is -0.0920. The van der Waals surface area contributed by atoms with E-state index in [0.717, 1.165) is 12.8 Å². The molecule has 0 aromatic carbocycles. The zero-order valence-corrected chi connectivity index (χ0v) is 12.8. The second-order valence-electron chi connectivity index (χ2n) is 6.03. The number of hydrogen-bond acceptors (Lipinski definition) is 5. The second-order valence-corrected chi connectivity index (χ2v) is 10.6. The summed E-state index contributed by atoms with van der Waals surface area (Å²) >= 11 is 0. The van der Waals surface area contributed by atoms with Crippen LogP contribution in [0.2, 0.25) is 0 Å². The standard InChI is InChI=1S/C12H22O5S2/c1-18(14,15)11-4-2-3-9(7-11)12(13)10-5-6-19(16,17)8-10/h9-13H,2-8H2,1H3. The van der Waals surface area contributed by atoms with Crippen LogP contribution in [0.1, 0.15) is 32.1 Å². The molecule has 1 aliphatic carbocycles. The highest BCUT2D eigenvalue weighted by atomic mass is 32.2. The third-order valence-corrected chi connectivity index (χ3v) is 7.94. The molecule has 2 aliphatic rings. The van der Waals surface area contributed by atoms with Crippen molar-refractivity contribution in [1.82, 2.24) is 0 Å². The number of rotatable bonds is 3. The lowest BCUT2D eigenvalue weighted by molar-refractivity contribution is 0.0431. The van der Waals surface area contributed by atoms with Crippen molar-refractivity contribution in [3.63, 3.8) is 0 Å². The lowest BCUT2D eigenvalue weighted by Gasteiger charge is -2.33. The Balaban J connectivity index is 2.02. The molecule has 0 aromatic rings. The van der Waals surface area contributed by atoms with Gasteiger partial charge in [-0.25, -0.2) is 16.8 Å². The van der Waals surface area contributed by atoms with Gasteiger partial charge in [0.2, 0.25) is 0 Å². The first kappa shape index (κ1) is 15.3. The quantitative estimate of drug-likeness (QED) is 0.814. The first-order valence-electron chi connectivity index (χ1n) is 6.76. The molecule has 1 saturated heterocycles. The molecular weight excluding hydrogens is 288 g/mol. The smallest absolute Gasteiger partial charge is 0.150 e. The summed E-state index contributed by atoms with van der Waals surface area (Å²) in [5.41, 5.74) is 0. The molecule has 2 rings (SSSR count). The molecule has 2 fully saturated rings. The van der Waals surface area contributed by atoms with Crippen molar-refractivity contribution < 1.29 is 21.9 Å². The zero-order valence-electron chi connectivity index (χ0n) is 11.2. The molecule has 5 nitrogen and oxygen atoms in total. The van der Waals surface area contributed by atoms with Crippen molar-refractivity contribution >= 4 is 19.7 Å². The van der Waals surface area contributed by atoms with Crippen molar-refractivity contribution in [2.75, 3.05) is 17.8 Å². The van der Waals surface area contributed by atoms with E-state index in [-0.39, 0.29) is 28.6 Å². The van der Waals surface area contributed by atoms with E-state index >= 15 is 0 Å². The van der Waals surface area contributed by atoms with Gasteiger partial charge in [-0.15, -0.1) is 0 Å². The largest absolute Gasteiger partial charge is 0.393 e. The van der Waals surface area contributed by atoms with Crippen LogP contribution in [0.3, 0.4) is 0 Å². The fraction of sp³-hybridized carbons (Fsp3) is 1.00. The van der Waals surface area contributed by atoms with E-state index in [1.165, 1.54) is 6.26 Å². The maximum atomic E-state index is 11.6. The summed E-state index contributed by atoms with van der Waals surface area (Å²) in [6, 6.07) is 0. The van der Waals surface area contributed by atoms with Gasteiger partial charge in [0.25, 0.3) is 0 Å². The van der Waals surface area contributed by atoms with Crippen molar-refractivity contribution in [1.29, 1.82) is 0 Å². The Morgan fingerprint density at radius 3 is 2.37 bits per heavy atom. The maximum Gasteiger partial charge on any atom is 0.150 e. The molecular formula is C12H22O5S2. The molecule has 112 valence electrons. The van der Waals surface area contributed by atoms with E-state index < -0.39 is 25.8 Å². The molecule has 19 heavy (non-hydrogen) atoms. The summed E-state index contributed by atoms with van der Waals surface area (Å²) in [4.78, 5) is 0. The highest BCUT2D eigenvalue weighted by Crippen LogP contribution is 2.35. The van der Waals surface area contributed by atoms with Crippen molar-refractivity contribution in [3.8, 4) is 0 Å². The van der Waals surface area contributed by atoms with Gasteiger partial charge in [-0.1, -0.05) is 6.42 Å². The molecule has 0 radical (unpaired) electrons. The van der Waals surface area contributed by atoms with E-state index in [2.05, 4.69) is 0 Å². The average Bonchev–Trinajstić information content (AvgIpc) is 2.68. The van der Waals surface area contributed by atoms with Crippen LogP contribution in [0.25, 0.3) is 0 Å². The molecule has 0 aromatic heterocycles. The van der Waals surface area contributed by atoms with Crippen molar-refractivity contribution in [2.45, 2.75) is 43.5 Å². The van der Waals surface area contributed by atoms with Crippen LogP contribution in [-0.4, -0.2) is 51.1 Å². The zero-order chi connectivity index (χ0) is 14.3.